The molecule has 0 heterocycles. The summed E-state index contributed by atoms with van der Waals surface area (Å²) in [5, 5.41) is 0. The summed E-state index contributed by atoms with van der Waals surface area (Å²) in [5.74, 6) is 0.930. The Morgan fingerprint density at radius 1 is 1.07 bits per heavy atom. The summed E-state index contributed by atoms with van der Waals surface area (Å²) >= 11 is 0. The highest BCUT2D eigenvalue weighted by atomic mass is 14.3. The minimum Gasteiger partial charge on any atom is -0.0850 e. The molecular formula is C14H26. The average molecular weight is 194 g/mol. The summed E-state index contributed by atoms with van der Waals surface area (Å²) in [5.41, 5.74) is 1.72. The molecule has 0 heteroatoms. The van der Waals surface area contributed by atoms with Crippen LogP contribution in [-0.4, -0.2) is 0 Å². The van der Waals surface area contributed by atoms with Gasteiger partial charge in [-0.05, 0) is 25.2 Å². The van der Waals surface area contributed by atoms with E-state index in [0.29, 0.717) is 0 Å². The Bertz CT molecular complexity index is 167. The van der Waals surface area contributed by atoms with Crippen molar-refractivity contribution in [1.29, 1.82) is 0 Å². The third kappa shape index (κ3) is 5.47. The van der Waals surface area contributed by atoms with Gasteiger partial charge in [-0.3, -0.25) is 0 Å². The van der Waals surface area contributed by atoms with Gasteiger partial charge in [0.1, 0.15) is 0 Å². The van der Waals surface area contributed by atoms with Crippen molar-refractivity contribution in [2.75, 3.05) is 0 Å². The molecule has 82 valence electrons. The summed E-state index contributed by atoms with van der Waals surface area (Å²) in [4.78, 5) is 0. The van der Waals surface area contributed by atoms with E-state index in [1.807, 2.05) is 0 Å². The van der Waals surface area contributed by atoms with E-state index in [2.05, 4.69) is 19.9 Å². The van der Waals surface area contributed by atoms with E-state index in [1.54, 1.807) is 5.57 Å². The molecule has 0 amide bonds. The van der Waals surface area contributed by atoms with Crippen LogP contribution in [0.5, 0.6) is 0 Å². The predicted octanol–water partition coefficient (Wildman–Crippen LogP) is 5.09. The smallest absolute Gasteiger partial charge is 0.0194 e. The van der Waals surface area contributed by atoms with Crippen molar-refractivity contribution < 1.29 is 0 Å². The molecule has 0 aliphatic heterocycles. The number of rotatable bonds is 8. The van der Waals surface area contributed by atoms with Gasteiger partial charge in [-0.2, -0.15) is 0 Å². The molecule has 0 saturated heterocycles. The van der Waals surface area contributed by atoms with Crippen molar-refractivity contribution in [3.05, 3.63) is 11.6 Å². The molecule has 0 spiro atoms. The van der Waals surface area contributed by atoms with Gasteiger partial charge in [0.2, 0.25) is 0 Å². The first-order valence-electron chi connectivity index (χ1n) is 6.53. The maximum Gasteiger partial charge on any atom is -0.0194 e. The summed E-state index contributed by atoms with van der Waals surface area (Å²) in [6.07, 6.45) is 15.2. The van der Waals surface area contributed by atoms with Crippen molar-refractivity contribution in [1.82, 2.24) is 0 Å². The van der Waals surface area contributed by atoms with Crippen LogP contribution in [0.2, 0.25) is 0 Å². The molecule has 14 heavy (non-hydrogen) atoms. The number of hydrogen-bond acceptors (Lipinski definition) is 0. The lowest BCUT2D eigenvalue weighted by atomic mass is 10.1. The van der Waals surface area contributed by atoms with Crippen LogP contribution in [0.25, 0.3) is 0 Å². The first-order valence-corrected chi connectivity index (χ1v) is 6.53. The normalized spacial score (nSPS) is 23.0. The molecule has 0 aromatic carbocycles. The lowest BCUT2D eigenvalue weighted by molar-refractivity contribution is 0.592. The van der Waals surface area contributed by atoms with Crippen LogP contribution in [0.4, 0.5) is 0 Å². The molecule has 1 aliphatic rings. The molecule has 1 fully saturated rings. The van der Waals surface area contributed by atoms with Gasteiger partial charge in [0.05, 0.1) is 0 Å². The quantitative estimate of drug-likeness (QED) is 0.373. The van der Waals surface area contributed by atoms with Crippen molar-refractivity contribution in [3.8, 4) is 0 Å². The van der Waals surface area contributed by atoms with E-state index in [4.69, 9.17) is 0 Å². The minimum absolute atomic E-state index is 0.930. The maximum absolute atomic E-state index is 2.48. The zero-order valence-corrected chi connectivity index (χ0v) is 10.0. The Morgan fingerprint density at radius 2 is 1.64 bits per heavy atom. The van der Waals surface area contributed by atoms with Crippen molar-refractivity contribution in [3.63, 3.8) is 0 Å². The molecule has 1 atom stereocenters. The Labute approximate surface area is 89.8 Å². The van der Waals surface area contributed by atoms with Gasteiger partial charge in [0.15, 0.2) is 0 Å². The molecule has 1 saturated carbocycles. The Morgan fingerprint density at radius 3 is 2.21 bits per heavy atom. The number of hydrogen-bond donors (Lipinski definition) is 0. The molecule has 1 rings (SSSR count). The second-order valence-electron chi connectivity index (χ2n) is 4.79. The number of unbranched alkanes of at least 4 members (excludes halogenated alkanes) is 7. The van der Waals surface area contributed by atoms with Crippen molar-refractivity contribution >= 4 is 0 Å². The second kappa shape index (κ2) is 7.09. The number of allylic oxidation sites excluding steroid dienone is 2. The fourth-order valence-electron chi connectivity index (χ4n) is 1.97. The second-order valence-corrected chi connectivity index (χ2v) is 4.79. The molecule has 1 aliphatic carbocycles. The highest BCUT2D eigenvalue weighted by Gasteiger charge is 2.22. The Hall–Kier alpha value is -0.260. The van der Waals surface area contributed by atoms with Gasteiger partial charge in [-0.15, -0.1) is 0 Å². The standard InChI is InChI=1S/C14H26/c1-3-4-5-6-7-8-9-10-11-14-12-13(14)2/h11,13H,3-10,12H2,1-2H3. The van der Waals surface area contributed by atoms with Crippen LogP contribution in [0.15, 0.2) is 11.6 Å². The first kappa shape index (κ1) is 11.8. The van der Waals surface area contributed by atoms with Crippen LogP contribution < -0.4 is 0 Å². The zero-order valence-electron chi connectivity index (χ0n) is 10.0. The molecule has 0 bridgehead atoms. The van der Waals surface area contributed by atoms with Gasteiger partial charge in [-0.1, -0.05) is 64.0 Å². The van der Waals surface area contributed by atoms with E-state index in [1.165, 1.54) is 57.8 Å². The van der Waals surface area contributed by atoms with E-state index in [9.17, 15) is 0 Å². The average Bonchev–Trinajstić information content (AvgIpc) is 2.87. The third-order valence-corrected chi connectivity index (χ3v) is 3.23. The molecule has 0 radical (unpaired) electrons. The highest BCUT2D eigenvalue weighted by Crippen LogP contribution is 2.37. The van der Waals surface area contributed by atoms with Crippen LogP contribution in [-0.2, 0) is 0 Å². The summed E-state index contributed by atoms with van der Waals surface area (Å²) < 4.78 is 0. The monoisotopic (exact) mass is 194 g/mol. The van der Waals surface area contributed by atoms with Crippen molar-refractivity contribution in [2.24, 2.45) is 5.92 Å². The summed E-state index contributed by atoms with van der Waals surface area (Å²) in [6, 6.07) is 0. The lowest BCUT2D eigenvalue weighted by Gasteiger charge is -1.98. The topological polar surface area (TPSA) is 0 Å². The van der Waals surface area contributed by atoms with E-state index >= 15 is 0 Å². The van der Waals surface area contributed by atoms with E-state index in [0.717, 1.165) is 5.92 Å². The molecule has 0 N–H and O–H groups in total. The van der Waals surface area contributed by atoms with Crippen LogP contribution >= 0.6 is 0 Å². The highest BCUT2D eigenvalue weighted by molar-refractivity contribution is 5.21. The van der Waals surface area contributed by atoms with Gasteiger partial charge in [0, 0.05) is 0 Å². The fraction of sp³-hybridized carbons (Fsp3) is 0.857. The maximum atomic E-state index is 2.48. The summed E-state index contributed by atoms with van der Waals surface area (Å²) in [6.45, 7) is 4.61. The molecular weight excluding hydrogens is 168 g/mol. The van der Waals surface area contributed by atoms with Crippen LogP contribution in [0.1, 0.15) is 71.6 Å². The van der Waals surface area contributed by atoms with Gasteiger partial charge in [0.25, 0.3) is 0 Å². The van der Waals surface area contributed by atoms with Crippen LogP contribution in [0, 0.1) is 5.92 Å². The molecule has 0 nitrogen and oxygen atoms in total. The lowest BCUT2D eigenvalue weighted by Crippen LogP contribution is -1.78. The zero-order chi connectivity index (χ0) is 10.2. The largest absolute Gasteiger partial charge is 0.0850 e. The predicted molar refractivity (Wildman–Crippen MR) is 64.5 cm³/mol. The third-order valence-electron chi connectivity index (χ3n) is 3.23. The molecule has 1 unspecified atom stereocenters. The van der Waals surface area contributed by atoms with Crippen LogP contribution in [0.3, 0.4) is 0 Å². The molecule has 0 aromatic heterocycles. The first-order chi connectivity index (χ1) is 6.84. The van der Waals surface area contributed by atoms with Gasteiger partial charge in [-0.25, -0.2) is 0 Å². The van der Waals surface area contributed by atoms with E-state index < -0.39 is 0 Å². The minimum atomic E-state index is 0.930. The fourth-order valence-corrected chi connectivity index (χ4v) is 1.97. The Kier molecular flexibility index (Phi) is 5.98. The SMILES string of the molecule is CCCCCCCCCC=C1CC1C. The summed E-state index contributed by atoms with van der Waals surface area (Å²) in [7, 11) is 0. The molecule has 0 aromatic rings. The van der Waals surface area contributed by atoms with Gasteiger partial charge < -0.3 is 0 Å². The van der Waals surface area contributed by atoms with Gasteiger partial charge >= 0.3 is 0 Å². The Balaban J connectivity index is 1.76. The van der Waals surface area contributed by atoms with E-state index in [-0.39, 0.29) is 0 Å². The van der Waals surface area contributed by atoms with Crippen molar-refractivity contribution in [2.45, 2.75) is 71.6 Å².